The van der Waals surface area contributed by atoms with Crippen LogP contribution in [-0.4, -0.2) is 12.9 Å². The van der Waals surface area contributed by atoms with E-state index in [2.05, 4.69) is 26.8 Å². The maximum absolute atomic E-state index is 10.2. The van der Waals surface area contributed by atoms with E-state index in [4.69, 9.17) is 4.74 Å². The molecule has 1 aromatic rings. The molecule has 0 saturated heterocycles. The largest absolute Gasteiger partial charge is 0.486 e. The second-order valence-corrected chi connectivity index (χ2v) is 4.71. The number of carbonyl (C=O) groups excluding carboxylic acids is 1. The summed E-state index contributed by atoms with van der Waals surface area (Å²) in [6.07, 6.45) is 0.761. The SMILES string of the molecule is Cc1cc(C(C)(C)C)ccc1OCC=O. The average molecular weight is 206 g/mol. The highest BCUT2D eigenvalue weighted by Crippen LogP contribution is 2.27. The Balaban J connectivity index is 2.93. The Kier molecular flexibility index (Phi) is 3.51. The van der Waals surface area contributed by atoms with Crippen LogP contribution < -0.4 is 4.74 Å². The van der Waals surface area contributed by atoms with Crippen LogP contribution in [0.2, 0.25) is 0 Å². The molecule has 0 aliphatic carbocycles. The predicted molar refractivity (Wildman–Crippen MR) is 61.4 cm³/mol. The lowest BCUT2D eigenvalue weighted by molar-refractivity contribution is -0.109. The summed E-state index contributed by atoms with van der Waals surface area (Å²) in [6, 6.07) is 6.09. The number of rotatable bonds is 3. The lowest BCUT2D eigenvalue weighted by Crippen LogP contribution is -2.11. The average Bonchev–Trinajstić information content (AvgIpc) is 2.14. The van der Waals surface area contributed by atoms with E-state index < -0.39 is 0 Å². The van der Waals surface area contributed by atoms with Gasteiger partial charge >= 0.3 is 0 Å². The van der Waals surface area contributed by atoms with Gasteiger partial charge in [-0.1, -0.05) is 32.9 Å². The van der Waals surface area contributed by atoms with Crippen molar-refractivity contribution in [2.45, 2.75) is 33.1 Å². The summed E-state index contributed by atoms with van der Waals surface area (Å²) in [5.74, 6) is 0.787. The molecule has 0 fully saturated rings. The Morgan fingerprint density at radius 2 is 2.00 bits per heavy atom. The van der Waals surface area contributed by atoms with Gasteiger partial charge in [-0.05, 0) is 29.5 Å². The second kappa shape index (κ2) is 4.47. The molecule has 0 amide bonds. The van der Waals surface area contributed by atoms with Gasteiger partial charge in [-0.2, -0.15) is 0 Å². The molecule has 0 atom stereocenters. The van der Waals surface area contributed by atoms with E-state index in [1.807, 2.05) is 19.1 Å². The molecular weight excluding hydrogens is 188 g/mol. The standard InChI is InChI=1S/C13H18O2/c1-10-9-11(13(2,3)4)5-6-12(10)15-8-7-14/h5-7,9H,8H2,1-4H3. The highest BCUT2D eigenvalue weighted by atomic mass is 16.5. The molecule has 0 aliphatic rings. The minimum atomic E-state index is 0.121. The fourth-order valence-electron chi connectivity index (χ4n) is 1.40. The highest BCUT2D eigenvalue weighted by Gasteiger charge is 2.14. The molecule has 82 valence electrons. The monoisotopic (exact) mass is 206 g/mol. The number of hydrogen-bond acceptors (Lipinski definition) is 2. The molecule has 15 heavy (non-hydrogen) atoms. The molecule has 1 aromatic carbocycles. The highest BCUT2D eigenvalue weighted by molar-refractivity contribution is 5.52. The van der Waals surface area contributed by atoms with Gasteiger partial charge in [-0.15, -0.1) is 0 Å². The van der Waals surface area contributed by atoms with Crippen molar-refractivity contribution in [3.05, 3.63) is 29.3 Å². The van der Waals surface area contributed by atoms with E-state index in [1.54, 1.807) is 0 Å². The first-order valence-electron chi connectivity index (χ1n) is 5.12. The fourth-order valence-corrected chi connectivity index (χ4v) is 1.40. The quantitative estimate of drug-likeness (QED) is 0.711. The van der Waals surface area contributed by atoms with Gasteiger partial charge in [0.05, 0.1) is 0 Å². The van der Waals surface area contributed by atoms with Crippen molar-refractivity contribution in [2.24, 2.45) is 0 Å². The summed E-state index contributed by atoms with van der Waals surface area (Å²) in [5.41, 5.74) is 2.50. The molecule has 2 heteroatoms. The van der Waals surface area contributed by atoms with Crippen molar-refractivity contribution in [3.8, 4) is 5.75 Å². The van der Waals surface area contributed by atoms with Gasteiger partial charge in [-0.3, -0.25) is 4.79 Å². The van der Waals surface area contributed by atoms with Gasteiger partial charge in [0.15, 0.2) is 6.29 Å². The van der Waals surface area contributed by atoms with Crippen LogP contribution in [0.4, 0.5) is 0 Å². The van der Waals surface area contributed by atoms with Gasteiger partial charge in [0.25, 0.3) is 0 Å². The maximum Gasteiger partial charge on any atom is 0.157 e. The molecule has 0 N–H and O–H groups in total. The Labute approximate surface area is 91.3 Å². The smallest absolute Gasteiger partial charge is 0.157 e. The van der Waals surface area contributed by atoms with E-state index in [1.165, 1.54) is 5.56 Å². The van der Waals surface area contributed by atoms with Gasteiger partial charge in [0.2, 0.25) is 0 Å². The van der Waals surface area contributed by atoms with Gasteiger partial charge in [0, 0.05) is 0 Å². The molecule has 0 aliphatic heterocycles. The third-order valence-electron chi connectivity index (χ3n) is 2.35. The van der Waals surface area contributed by atoms with Crippen LogP contribution in [0.15, 0.2) is 18.2 Å². The Bertz CT molecular complexity index is 348. The van der Waals surface area contributed by atoms with Crippen molar-refractivity contribution in [2.75, 3.05) is 6.61 Å². The minimum absolute atomic E-state index is 0.121. The molecule has 0 spiro atoms. The number of hydrogen-bond donors (Lipinski definition) is 0. The number of carbonyl (C=O) groups is 1. The van der Waals surface area contributed by atoms with E-state index in [0.717, 1.165) is 17.6 Å². The summed E-state index contributed by atoms with van der Waals surface area (Å²) >= 11 is 0. The summed E-state index contributed by atoms with van der Waals surface area (Å²) in [7, 11) is 0. The number of benzene rings is 1. The molecule has 0 saturated carbocycles. The predicted octanol–water partition coefficient (Wildman–Crippen LogP) is 2.87. The lowest BCUT2D eigenvalue weighted by atomic mass is 9.86. The fraction of sp³-hybridized carbons (Fsp3) is 0.462. The normalized spacial score (nSPS) is 11.2. The number of aryl methyl sites for hydroxylation is 1. The van der Waals surface area contributed by atoms with E-state index in [0.29, 0.717) is 0 Å². The molecule has 0 heterocycles. The lowest BCUT2D eigenvalue weighted by Gasteiger charge is -2.20. The van der Waals surface area contributed by atoms with Crippen LogP contribution in [0.5, 0.6) is 5.75 Å². The summed E-state index contributed by atoms with van der Waals surface area (Å²) in [4.78, 5) is 10.2. The first-order chi connectivity index (χ1) is 6.95. The zero-order chi connectivity index (χ0) is 11.5. The summed E-state index contributed by atoms with van der Waals surface area (Å²) < 4.78 is 5.29. The molecule has 0 radical (unpaired) electrons. The van der Waals surface area contributed by atoms with Gasteiger partial charge in [0.1, 0.15) is 12.4 Å². The van der Waals surface area contributed by atoms with Crippen molar-refractivity contribution >= 4 is 6.29 Å². The molecule has 0 aromatic heterocycles. The van der Waals surface area contributed by atoms with Crippen LogP contribution in [-0.2, 0) is 10.2 Å². The van der Waals surface area contributed by atoms with Crippen molar-refractivity contribution in [1.82, 2.24) is 0 Å². The first kappa shape index (κ1) is 11.8. The summed E-state index contributed by atoms with van der Waals surface area (Å²) in [6.45, 7) is 8.64. The second-order valence-electron chi connectivity index (χ2n) is 4.71. The van der Waals surface area contributed by atoms with Crippen LogP contribution in [0.3, 0.4) is 0 Å². The third-order valence-corrected chi connectivity index (χ3v) is 2.35. The van der Waals surface area contributed by atoms with E-state index in [9.17, 15) is 4.79 Å². The Morgan fingerprint density at radius 1 is 1.33 bits per heavy atom. The topological polar surface area (TPSA) is 26.3 Å². The van der Waals surface area contributed by atoms with Gasteiger partial charge in [-0.25, -0.2) is 0 Å². The van der Waals surface area contributed by atoms with Crippen LogP contribution in [0, 0.1) is 6.92 Å². The van der Waals surface area contributed by atoms with Gasteiger partial charge < -0.3 is 4.74 Å². The minimum Gasteiger partial charge on any atom is -0.486 e. The van der Waals surface area contributed by atoms with Crippen LogP contribution >= 0.6 is 0 Å². The Hall–Kier alpha value is -1.31. The number of ether oxygens (including phenoxy) is 1. The molecular formula is C13H18O2. The van der Waals surface area contributed by atoms with Crippen LogP contribution in [0.1, 0.15) is 31.9 Å². The molecule has 1 rings (SSSR count). The third kappa shape index (κ3) is 3.08. The van der Waals surface area contributed by atoms with Crippen LogP contribution in [0.25, 0.3) is 0 Å². The number of aldehydes is 1. The molecule has 2 nitrogen and oxygen atoms in total. The van der Waals surface area contributed by atoms with E-state index in [-0.39, 0.29) is 12.0 Å². The van der Waals surface area contributed by atoms with Crippen molar-refractivity contribution in [3.63, 3.8) is 0 Å². The zero-order valence-corrected chi connectivity index (χ0v) is 9.83. The summed E-state index contributed by atoms with van der Waals surface area (Å²) in [5, 5.41) is 0. The van der Waals surface area contributed by atoms with Crippen molar-refractivity contribution < 1.29 is 9.53 Å². The van der Waals surface area contributed by atoms with E-state index >= 15 is 0 Å². The maximum atomic E-state index is 10.2. The Morgan fingerprint density at radius 3 is 2.47 bits per heavy atom. The zero-order valence-electron chi connectivity index (χ0n) is 9.83. The first-order valence-corrected chi connectivity index (χ1v) is 5.12. The van der Waals surface area contributed by atoms with Crippen molar-refractivity contribution in [1.29, 1.82) is 0 Å². The molecule has 0 unspecified atom stereocenters. The molecule has 0 bridgehead atoms.